The van der Waals surface area contributed by atoms with E-state index in [0.717, 1.165) is 4.90 Å². The van der Waals surface area contributed by atoms with Crippen LogP contribution in [-0.2, 0) is 4.79 Å². The number of nitrogens with one attached hydrogen (secondary N) is 1. The van der Waals surface area contributed by atoms with Gasteiger partial charge in [0.15, 0.2) is 0 Å². The molecular formula is C13H23F3N2O. The lowest BCUT2D eigenvalue weighted by atomic mass is 9.87. The zero-order valence-corrected chi connectivity index (χ0v) is 11.8. The van der Waals surface area contributed by atoms with E-state index in [0.29, 0.717) is 32.4 Å². The van der Waals surface area contributed by atoms with Crippen LogP contribution in [0.1, 0.15) is 40.0 Å². The van der Waals surface area contributed by atoms with Gasteiger partial charge in [-0.3, -0.25) is 4.79 Å². The Bertz CT molecular complexity index is 310. The molecule has 1 aliphatic heterocycles. The van der Waals surface area contributed by atoms with Crippen molar-refractivity contribution in [2.75, 3.05) is 19.6 Å². The molecule has 1 aliphatic rings. The van der Waals surface area contributed by atoms with Crippen LogP contribution in [0.15, 0.2) is 0 Å². The highest BCUT2D eigenvalue weighted by molar-refractivity contribution is 5.82. The highest BCUT2D eigenvalue weighted by atomic mass is 19.4. The maximum Gasteiger partial charge on any atom is 0.406 e. The molecule has 6 heteroatoms. The van der Waals surface area contributed by atoms with E-state index in [2.05, 4.69) is 5.32 Å². The van der Waals surface area contributed by atoms with E-state index < -0.39 is 18.1 Å². The number of amides is 1. The number of piperidine rings is 1. The Hall–Kier alpha value is -0.780. The average molecular weight is 280 g/mol. The molecule has 0 unspecified atom stereocenters. The summed E-state index contributed by atoms with van der Waals surface area (Å²) in [4.78, 5) is 13.4. The van der Waals surface area contributed by atoms with Crippen molar-refractivity contribution in [2.45, 2.75) is 52.3 Å². The first-order valence-corrected chi connectivity index (χ1v) is 6.76. The molecule has 0 radical (unpaired) electrons. The zero-order valence-electron chi connectivity index (χ0n) is 11.8. The molecule has 0 atom stereocenters. The largest absolute Gasteiger partial charge is 0.406 e. The second-order valence-corrected chi connectivity index (χ2v) is 5.77. The summed E-state index contributed by atoms with van der Waals surface area (Å²) in [5.41, 5.74) is -0.740. The van der Waals surface area contributed by atoms with E-state index in [1.807, 2.05) is 6.92 Å². The summed E-state index contributed by atoms with van der Waals surface area (Å²) in [5.74, 6) is -0.390. The van der Waals surface area contributed by atoms with Gasteiger partial charge in [-0.2, -0.15) is 13.2 Å². The van der Waals surface area contributed by atoms with Crippen molar-refractivity contribution in [1.82, 2.24) is 10.2 Å². The van der Waals surface area contributed by atoms with Gasteiger partial charge in [-0.15, -0.1) is 0 Å². The zero-order chi connectivity index (χ0) is 14.7. The third-order valence-corrected chi connectivity index (χ3v) is 3.82. The highest BCUT2D eigenvalue weighted by Gasteiger charge is 2.41. The molecule has 0 bridgehead atoms. The van der Waals surface area contributed by atoms with Gasteiger partial charge >= 0.3 is 6.18 Å². The van der Waals surface area contributed by atoms with Crippen LogP contribution in [0.2, 0.25) is 0 Å². The van der Waals surface area contributed by atoms with E-state index >= 15 is 0 Å². The molecule has 0 aromatic carbocycles. The molecule has 0 aliphatic carbocycles. The SMILES string of the molecule is CCC(C)(C)C(=O)N(CC(F)(F)F)C1CCNCC1. The van der Waals surface area contributed by atoms with Crippen molar-refractivity contribution in [1.29, 1.82) is 0 Å². The van der Waals surface area contributed by atoms with Crippen molar-refractivity contribution >= 4 is 5.91 Å². The van der Waals surface area contributed by atoms with Gasteiger partial charge < -0.3 is 10.2 Å². The number of carbonyl (C=O) groups excluding carboxylic acids is 1. The molecular weight excluding hydrogens is 257 g/mol. The Kier molecular flexibility index (Phi) is 5.24. The molecule has 0 spiro atoms. The van der Waals surface area contributed by atoms with Gasteiger partial charge in [0.1, 0.15) is 6.54 Å². The van der Waals surface area contributed by atoms with Crippen LogP contribution < -0.4 is 5.32 Å². The first-order valence-electron chi connectivity index (χ1n) is 6.76. The predicted octanol–water partition coefficient (Wildman–Crippen LogP) is 2.57. The molecule has 1 amide bonds. The van der Waals surface area contributed by atoms with Crippen molar-refractivity contribution in [2.24, 2.45) is 5.41 Å². The van der Waals surface area contributed by atoms with E-state index in [-0.39, 0.29) is 11.9 Å². The molecule has 1 heterocycles. The van der Waals surface area contributed by atoms with Crippen LogP contribution in [-0.4, -0.2) is 42.7 Å². The van der Waals surface area contributed by atoms with E-state index in [9.17, 15) is 18.0 Å². The van der Waals surface area contributed by atoms with Gasteiger partial charge in [0.05, 0.1) is 0 Å². The Morgan fingerprint density at radius 2 is 1.79 bits per heavy atom. The maximum absolute atomic E-state index is 12.7. The predicted molar refractivity (Wildman–Crippen MR) is 67.7 cm³/mol. The molecule has 1 fully saturated rings. The number of hydrogen-bond donors (Lipinski definition) is 1. The van der Waals surface area contributed by atoms with Crippen molar-refractivity contribution in [3.8, 4) is 0 Å². The average Bonchev–Trinajstić information content (AvgIpc) is 2.35. The number of carbonyl (C=O) groups is 1. The Balaban J connectivity index is 2.88. The van der Waals surface area contributed by atoms with E-state index in [1.54, 1.807) is 13.8 Å². The molecule has 1 N–H and O–H groups in total. The van der Waals surface area contributed by atoms with Gasteiger partial charge in [0.2, 0.25) is 5.91 Å². The molecule has 19 heavy (non-hydrogen) atoms. The van der Waals surface area contributed by atoms with Gasteiger partial charge in [0, 0.05) is 11.5 Å². The second kappa shape index (κ2) is 6.11. The van der Waals surface area contributed by atoms with Crippen LogP contribution >= 0.6 is 0 Å². The topological polar surface area (TPSA) is 32.3 Å². The minimum atomic E-state index is -4.34. The molecule has 1 rings (SSSR count). The monoisotopic (exact) mass is 280 g/mol. The third-order valence-electron chi connectivity index (χ3n) is 3.82. The Morgan fingerprint density at radius 3 is 2.21 bits per heavy atom. The number of rotatable bonds is 4. The molecule has 0 saturated carbocycles. The smallest absolute Gasteiger partial charge is 0.330 e. The number of nitrogens with zero attached hydrogens (tertiary/aromatic N) is 1. The lowest BCUT2D eigenvalue weighted by Gasteiger charge is -2.39. The Labute approximate surface area is 112 Å². The number of alkyl halides is 3. The highest BCUT2D eigenvalue weighted by Crippen LogP contribution is 2.29. The standard InChI is InChI=1S/C13H23F3N2O/c1-4-12(2,3)11(19)18(9-13(14,15)16)10-5-7-17-8-6-10/h10,17H,4-9H2,1-3H3. The maximum atomic E-state index is 12.7. The lowest BCUT2D eigenvalue weighted by Crippen LogP contribution is -2.53. The lowest BCUT2D eigenvalue weighted by molar-refractivity contribution is -0.172. The van der Waals surface area contributed by atoms with Crippen LogP contribution in [0.3, 0.4) is 0 Å². The van der Waals surface area contributed by atoms with Crippen LogP contribution in [0, 0.1) is 5.41 Å². The van der Waals surface area contributed by atoms with E-state index in [4.69, 9.17) is 0 Å². The van der Waals surface area contributed by atoms with Crippen molar-refractivity contribution in [3.63, 3.8) is 0 Å². The fourth-order valence-corrected chi connectivity index (χ4v) is 2.22. The summed E-state index contributed by atoms with van der Waals surface area (Å²) in [6.07, 6.45) is -2.64. The summed E-state index contributed by atoms with van der Waals surface area (Å²) >= 11 is 0. The van der Waals surface area contributed by atoms with Gasteiger partial charge in [0.25, 0.3) is 0 Å². The molecule has 0 aromatic rings. The molecule has 3 nitrogen and oxygen atoms in total. The third kappa shape index (κ3) is 4.67. The van der Waals surface area contributed by atoms with Gasteiger partial charge in [-0.05, 0) is 32.4 Å². The minimum absolute atomic E-state index is 0.304. The fourth-order valence-electron chi connectivity index (χ4n) is 2.22. The van der Waals surface area contributed by atoms with Crippen molar-refractivity contribution < 1.29 is 18.0 Å². The van der Waals surface area contributed by atoms with Crippen molar-refractivity contribution in [3.05, 3.63) is 0 Å². The summed E-state index contributed by atoms with van der Waals surface area (Å²) in [6.45, 7) is 5.43. The molecule has 0 aromatic heterocycles. The van der Waals surface area contributed by atoms with Crippen LogP contribution in [0.5, 0.6) is 0 Å². The van der Waals surface area contributed by atoms with Crippen LogP contribution in [0.4, 0.5) is 13.2 Å². The van der Waals surface area contributed by atoms with Crippen LogP contribution in [0.25, 0.3) is 0 Å². The number of hydrogen-bond acceptors (Lipinski definition) is 2. The summed E-state index contributed by atoms with van der Waals surface area (Å²) in [7, 11) is 0. The second-order valence-electron chi connectivity index (χ2n) is 5.77. The van der Waals surface area contributed by atoms with Gasteiger partial charge in [-0.25, -0.2) is 0 Å². The van der Waals surface area contributed by atoms with Gasteiger partial charge in [-0.1, -0.05) is 20.8 Å². The Morgan fingerprint density at radius 1 is 1.26 bits per heavy atom. The fraction of sp³-hybridized carbons (Fsp3) is 0.923. The first kappa shape index (κ1) is 16.3. The first-order chi connectivity index (χ1) is 8.67. The molecule has 1 saturated heterocycles. The minimum Gasteiger partial charge on any atom is -0.330 e. The molecule has 112 valence electrons. The summed E-state index contributed by atoms with van der Waals surface area (Å²) in [6, 6.07) is -0.304. The quantitative estimate of drug-likeness (QED) is 0.858. The summed E-state index contributed by atoms with van der Waals surface area (Å²) in [5, 5.41) is 3.10. The normalized spacial score (nSPS) is 18.4. The number of halogens is 3. The summed E-state index contributed by atoms with van der Waals surface area (Å²) < 4.78 is 38.1. The van der Waals surface area contributed by atoms with E-state index in [1.165, 1.54) is 0 Å².